The van der Waals surface area contributed by atoms with Crippen molar-refractivity contribution in [1.82, 2.24) is 4.90 Å². The Hall–Kier alpha value is -1.46. The molecule has 122 valence electrons. The van der Waals surface area contributed by atoms with E-state index in [2.05, 4.69) is 4.90 Å². The van der Waals surface area contributed by atoms with Crippen LogP contribution in [-0.4, -0.2) is 29.5 Å². The van der Waals surface area contributed by atoms with E-state index < -0.39 is 11.7 Å². The fourth-order valence-corrected chi connectivity index (χ4v) is 3.77. The molecule has 2 aromatic rings. The number of nitrogens with zero attached hydrogens (tertiary/aromatic N) is 1. The first kappa shape index (κ1) is 16.4. The van der Waals surface area contributed by atoms with Gasteiger partial charge in [-0.25, -0.2) is 0 Å². The van der Waals surface area contributed by atoms with Gasteiger partial charge >= 0.3 is 6.18 Å². The van der Waals surface area contributed by atoms with Crippen LogP contribution in [0.5, 0.6) is 0 Å². The minimum absolute atomic E-state index is 0.237. The highest BCUT2D eigenvalue weighted by Gasteiger charge is 2.33. The number of thioether (sulfide) groups is 1. The highest BCUT2D eigenvalue weighted by molar-refractivity contribution is 7.99. The third kappa shape index (κ3) is 4.09. The van der Waals surface area contributed by atoms with Gasteiger partial charge in [-0.1, -0.05) is 42.5 Å². The molecule has 1 aliphatic rings. The van der Waals surface area contributed by atoms with E-state index in [4.69, 9.17) is 0 Å². The van der Waals surface area contributed by atoms with Gasteiger partial charge in [0.25, 0.3) is 0 Å². The van der Waals surface area contributed by atoms with Crippen LogP contribution in [0.1, 0.15) is 11.1 Å². The van der Waals surface area contributed by atoms with E-state index in [0.29, 0.717) is 5.56 Å². The third-order valence-corrected chi connectivity index (χ3v) is 4.95. The van der Waals surface area contributed by atoms with Gasteiger partial charge in [0, 0.05) is 31.1 Å². The van der Waals surface area contributed by atoms with Gasteiger partial charge in [0.2, 0.25) is 0 Å². The fourth-order valence-electron chi connectivity index (χ4n) is 2.79. The summed E-state index contributed by atoms with van der Waals surface area (Å²) in [6.45, 7) is 3.01. The average Bonchev–Trinajstić information content (AvgIpc) is 2.56. The Morgan fingerprint density at radius 2 is 1.57 bits per heavy atom. The van der Waals surface area contributed by atoms with Gasteiger partial charge in [0.05, 0.1) is 5.56 Å². The molecular weight excluding hydrogens is 319 g/mol. The van der Waals surface area contributed by atoms with Crippen molar-refractivity contribution < 1.29 is 13.2 Å². The van der Waals surface area contributed by atoms with Crippen molar-refractivity contribution in [2.75, 3.05) is 24.6 Å². The Kier molecular flexibility index (Phi) is 4.97. The van der Waals surface area contributed by atoms with Crippen molar-refractivity contribution in [3.63, 3.8) is 0 Å². The first-order valence-corrected chi connectivity index (χ1v) is 8.75. The topological polar surface area (TPSA) is 3.24 Å². The van der Waals surface area contributed by atoms with Crippen molar-refractivity contribution in [3.8, 4) is 11.1 Å². The molecule has 0 bridgehead atoms. The van der Waals surface area contributed by atoms with Crippen molar-refractivity contribution in [2.24, 2.45) is 0 Å². The summed E-state index contributed by atoms with van der Waals surface area (Å²) >= 11 is 1.96. The maximum atomic E-state index is 13.1. The molecule has 0 unspecified atom stereocenters. The first-order chi connectivity index (χ1) is 11.0. The van der Waals surface area contributed by atoms with Gasteiger partial charge in [-0.2, -0.15) is 24.9 Å². The molecule has 0 N–H and O–H groups in total. The lowest BCUT2D eigenvalue weighted by Crippen LogP contribution is -2.31. The summed E-state index contributed by atoms with van der Waals surface area (Å²) in [4.78, 5) is 2.38. The molecule has 2 aromatic carbocycles. The van der Waals surface area contributed by atoms with Crippen LogP contribution in [0.3, 0.4) is 0 Å². The van der Waals surface area contributed by atoms with Gasteiger partial charge in [-0.15, -0.1) is 0 Å². The van der Waals surface area contributed by atoms with Crippen LogP contribution in [0.25, 0.3) is 11.1 Å². The van der Waals surface area contributed by atoms with Gasteiger partial charge in [-0.05, 0) is 22.8 Å². The maximum Gasteiger partial charge on any atom is 0.417 e. The molecule has 0 saturated carbocycles. The Morgan fingerprint density at radius 1 is 0.913 bits per heavy atom. The van der Waals surface area contributed by atoms with E-state index in [-0.39, 0.29) is 5.56 Å². The van der Waals surface area contributed by atoms with Crippen LogP contribution in [-0.2, 0) is 12.7 Å². The Balaban J connectivity index is 1.80. The van der Waals surface area contributed by atoms with E-state index in [1.807, 2.05) is 23.9 Å². The van der Waals surface area contributed by atoms with Crippen LogP contribution >= 0.6 is 11.8 Å². The van der Waals surface area contributed by atoms with Crippen LogP contribution in [0.2, 0.25) is 0 Å². The highest BCUT2D eigenvalue weighted by atomic mass is 32.2. The maximum absolute atomic E-state index is 13.1. The first-order valence-electron chi connectivity index (χ1n) is 7.60. The largest absolute Gasteiger partial charge is 0.417 e. The van der Waals surface area contributed by atoms with Gasteiger partial charge in [0.1, 0.15) is 0 Å². The van der Waals surface area contributed by atoms with Crippen molar-refractivity contribution >= 4 is 11.8 Å². The number of benzene rings is 2. The van der Waals surface area contributed by atoms with Crippen molar-refractivity contribution in [3.05, 3.63) is 59.7 Å². The SMILES string of the molecule is FC(F)(F)c1ccccc1-c1ccc(CN2CCSCC2)cc1. The van der Waals surface area contributed by atoms with E-state index in [0.717, 1.165) is 42.8 Å². The zero-order chi connectivity index (χ0) is 16.3. The summed E-state index contributed by atoms with van der Waals surface area (Å²) in [5.41, 5.74) is 1.41. The molecule has 23 heavy (non-hydrogen) atoms. The van der Waals surface area contributed by atoms with Crippen molar-refractivity contribution in [2.45, 2.75) is 12.7 Å². The molecule has 1 heterocycles. The quantitative estimate of drug-likeness (QED) is 0.782. The molecule has 1 nitrogen and oxygen atoms in total. The molecule has 0 aliphatic carbocycles. The minimum Gasteiger partial charge on any atom is -0.297 e. The van der Waals surface area contributed by atoms with Crippen molar-refractivity contribution in [1.29, 1.82) is 0 Å². The summed E-state index contributed by atoms with van der Waals surface area (Å²) in [5, 5.41) is 0. The molecular formula is C18H18F3NS. The van der Waals surface area contributed by atoms with Gasteiger partial charge in [0.15, 0.2) is 0 Å². The molecule has 1 fully saturated rings. The Labute approximate surface area is 138 Å². The second-order valence-corrected chi connectivity index (χ2v) is 6.85. The van der Waals surface area contributed by atoms with E-state index in [1.165, 1.54) is 12.1 Å². The van der Waals surface area contributed by atoms with Gasteiger partial charge in [-0.3, -0.25) is 4.90 Å². The Bertz CT molecular complexity index is 646. The molecule has 0 radical (unpaired) electrons. The minimum atomic E-state index is -4.33. The zero-order valence-electron chi connectivity index (χ0n) is 12.6. The number of hydrogen-bond acceptors (Lipinski definition) is 2. The number of alkyl halides is 3. The molecule has 0 atom stereocenters. The number of hydrogen-bond donors (Lipinski definition) is 0. The Morgan fingerprint density at radius 3 is 2.22 bits per heavy atom. The molecule has 3 rings (SSSR count). The molecule has 0 amide bonds. The second-order valence-electron chi connectivity index (χ2n) is 5.63. The van der Waals surface area contributed by atoms with E-state index in [9.17, 15) is 13.2 Å². The summed E-state index contributed by atoms with van der Waals surface area (Å²) in [5.74, 6) is 2.30. The normalized spacial score (nSPS) is 16.5. The monoisotopic (exact) mass is 337 g/mol. The average molecular weight is 337 g/mol. The molecule has 0 spiro atoms. The summed E-state index contributed by atoms with van der Waals surface area (Å²) < 4.78 is 39.3. The second kappa shape index (κ2) is 6.97. The third-order valence-electron chi connectivity index (χ3n) is 4.01. The molecule has 5 heteroatoms. The molecule has 0 aromatic heterocycles. The predicted molar refractivity (Wildman–Crippen MR) is 89.5 cm³/mol. The van der Waals surface area contributed by atoms with E-state index in [1.54, 1.807) is 18.2 Å². The predicted octanol–water partition coefficient (Wildman–Crippen LogP) is 4.92. The van der Waals surface area contributed by atoms with Crippen LogP contribution < -0.4 is 0 Å². The zero-order valence-corrected chi connectivity index (χ0v) is 13.5. The molecule has 1 saturated heterocycles. The van der Waals surface area contributed by atoms with E-state index >= 15 is 0 Å². The number of halogens is 3. The molecule has 1 aliphatic heterocycles. The van der Waals surface area contributed by atoms with Crippen LogP contribution in [0, 0.1) is 0 Å². The standard InChI is InChI=1S/C18H18F3NS/c19-18(20,21)17-4-2-1-3-16(17)15-7-5-14(6-8-15)13-22-9-11-23-12-10-22/h1-8H,9-13H2. The lowest BCUT2D eigenvalue weighted by molar-refractivity contribution is -0.137. The summed E-state index contributed by atoms with van der Waals surface area (Å²) in [6.07, 6.45) is -4.33. The van der Waals surface area contributed by atoms with Crippen LogP contribution in [0.15, 0.2) is 48.5 Å². The lowest BCUT2D eigenvalue weighted by Gasteiger charge is -2.26. The smallest absolute Gasteiger partial charge is 0.297 e. The lowest BCUT2D eigenvalue weighted by atomic mass is 9.98. The highest BCUT2D eigenvalue weighted by Crippen LogP contribution is 2.36. The summed E-state index contributed by atoms with van der Waals surface area (Å²) in [7, 11) is 0. The summed E-state index contributed by atoms with van der Waals surface area (Å²) in [6, 6.07) is 13.2. The fraction of sp³-hybridized carbons (Fsp3) is 0.333. The van der Waals surface area contributed by atoms with Gasteiger partial charge < -0.3 is 0 Å². The number of rotatable bonds is 3. The van der Waals surface area contributed by atoms with Crippen LogP contribution in [0.4, 0.5) is 13.2 Å².